The summed E-state index contributed by atoms with van der Waals surface area (Å²) in [6.45, 7) is 0. The van der Waals surface area contributed by atoms with E-state index in [4.69, 9.17) is 23.2 Å². The molecule has 1 aliphatic carbocycles. The minimum Gasteiger partial charge on any atom is -0.130 e. The Balaban J connectivity index is 1.95. The highest BCUT2D eigenvalue weighted by Crippen LogP contribution is 2.47. The Labute approximate surface area is 135 Å². The molecule has 0 amide bonds. The SMILES string of the molecule is Clc1cc(C(Cl)C2CCCc3ccccc32)sc1Br. The zero-order valence-corrected chi connectivity index (χ0v) is 14.1. The molecule has 0 aliphatic heterocycles. The molecule has 0 N–H and O–H groups in total. The second-order valence-corrected chi connectivity index (χ2v) is 8.15. The van der Waals surface area contributed by atoms with Crippen LogP contribution in [0, 0.1) is 0 Å². The van der Waals surface area contributed by atoms with E-state index in [9.17, 15) is 0 Å². The number of hydrogen-bond donors (Lipinski definition) is 0. The summed E-state index contributed by atoms with van der Waals surface area (Å²) in [6.07, 6.45) is 3.54. The van der Waals surface area contributed by atoms with Gasteiger partial charge < -0.3 is 0 Å². The fourth-order valence-corrected chi connectivity index (χ4v) is 5.04. The number of benzene rings is 1. The van der Waals surface area contributed by atoms with E-state index in [0.29, 0.717) is 5.92 Å². The van der Waals surface area contributed by atoms with Crippen LogP contribution in [0.4, 0.5) is 0 Å². The molecule has 0 nitrogen and oxygen atoms in total. The first-order valence-electron chi connectivity index (χ1n) is 6.33. The summed E-state index contributed by atoms with van der Waals surface area (Å²) in [6, 6.07) is 10.7. The average Bonchev–Trinajstić information content (AvgIpc) is 2.77. The largest absolute Gasteiger partial charge is 0.130 e. The molecule has 0 bridgehead atoms. The summed E-state index contributed by atoms with van der Waals surface area (Å²) >= 11 is 18.0. The normalized spacial score (nSPS) is 20.1. The summed E-state index contributed by atoms with van der Waals surface area (Å²) in [5, 5.41) is 0.769. The Hall–Kier alpha value is -0.0200. The summed E-state index contributed by atoms with van der Waals surface area (Å²) in [5.74, 6) is 0.397. The highest BCUT2D eigenvalue weighted by molar-refractivity contribution is 9.11. The standard InChI is InChI=1S/C15H13BrCl2S/c16-15-12(17)8-13(19-15)14(18)11-7-3-5-9-4-1-2-6-10(9)11/h1-2,4,6,8,11,14H,3,5,7H2. The molecule has 2 unspecified atom stereocenters. The van der Waals surface area contributed by atoms with Crippen LogP contribution in [-0.2, 0) is 6.42 Å². The fourth-order valence-electron chi connectivity index (χ4n) is 2.79. The van der Waals surface area contributed by atoms with Crippen LogP contribution in [0.2, 0.25) is 5.02 Å². The van der Waals surface area contributed by atoms with Gasteiger partial charge in [-0.05, 0) is 52.4 Å². The molecule has 2 aromatic rings. The molecule has 1 heterocycles. The molecule has 1 aliphatic rings. The van der Waals surface area contributed by atoms with E-state index >= 15 is 0 Å². The van der Waals surface area contributed by atoms with Gasteiger partial charge in [0.2, 0.25) is 0 Å². The first-order chi connectivity index (χ1) is 9.16. The highest BCUT2D eigenvalue weighted by Gasteiger charge is 2.28. The molecule has 0 saturated heterocycles. The van der Waals surface area contributed by atoms with Gasteiger partial charge in [0, 0.05) is 10.8 Å². The lowest BCUT2D eigenvalue weighted by atomic mass is 9.80. The molecule has 19 heavy (non-hydrogen) atoms. The summed E-state index contributed by atoms with van der Waals surface area (Å²) in [7, 11) is 0. The number of hydrogen-bond acceptors (Lipinski definition) is 1. The van der Waals surface area contributed by atoms with Crippen LogP contribution in [0.3, 0.4) is 0 Å². The van der Waals surface area contributed by atoms with Gasteiger partial charge in [0.1, 0.15) is 0 Å². The number of fused-ring (bicyclic) bond motifs is 1. The third kappa shape index (κ3) is 2.73. The molecule has 1 aromatic heterocycles. The van der Waals surface area contributed by atoms with Crippen molar-refractivity contribution in [1.82, 2.24) is 0 Å². The molecule has 0 radical (unpaired) electrons. The predicted octanol–water partition coefficient (Wildman–Crippen LogP) is 6.56. The first-order valence-corrected chi connectivity index (χ1v) is 8.76. The Morgan fingerprint density at radius 2 is 2.11 bits per heavy atom. The Kier molecular flexibility index (Phi) is 4.23. The van der Waals surface area contributed by atoms with Crippen molar-refractivity contribution < 1.29 is 0 Å². The highest BCUT2D eigenvalue weighted by atomic mass is 79.9. The maximum Gasteiger partial charge on any atom is 0.0887 e. The molecule has 1 aromatic carbocycles. The van der Waals surface area contributed by atoms with Crippen LogP contribution < -0.4 is 0 Å². The summed E-state index contributed by atoms with van der Waals surface area (Å²) < 4.78 is 0.971. The van der Waals surface area contributed by atoms with Gasteiger partial charge in [-0.25, -0.2) is 0 Å². The molecular weight excluding hydrogens is 363 g/mol. The number of thiophene rings is 1. The lowest BCUT2D eigenvalue weighted by Gasteiger charge is -2.28. The van der Waals surface area contributed by atoms with Gasteiger partial charge in [0.05, 0.1) is 14.2 Å². The molecule has 0 saturated carbocycles. The minimum absolute atomic E-state index is 0.00949. The van der Waals surface area contributed by atoms with Crippen molar-refractivity contribution in [2.45, 2.75) is 30.6 Å². The fraction of sp³-hybridized carbons (Fsp3) is 0.333. The average molecular weight is 376 g/mol. The van der Waals surface area contributed by atoms with E-state index in [-0.39, 0.29) is 5.38 Å². The number of rotatable bonds is 2. The molecule has 100 valence electrons. The zero-order chi connectivity index (χ0) is 13.4. The van der Waals surface area contributed by atoms with Gasteiger partial charge in [0.25, 0.3) is 0 Å². The van der Waals surface area contributed by atoms with Crippen molar-refractivity contribution in [2.75, 3.05) is 0 Å². The molecule has 0 fully saturated rings. The van der Waals surface area contributed by atoms with Gasteiger partial charge in [-0.1, -0.05) is 35.9 Å². The third-order valence-electron chi connectivity index (χ3n) is 3.71. The van der Waals surface area contributed by atoms with E-state index in [2.05, 4.69) is 40.2 Å². The molecule has 3 rings (SSSR count). The second kappa shape index (κ2) is 5.77. The Morgan fingerprint density at radius 3 is 2.84 bits per heavy atom. The van der Waals surface area contributed by atoms with Crippen molar-refractivity contribution in [3.8, 4) is 0 Å². The van der Waals surface area contributed by atoms with Crippen LogP contribution in [0.25, 0.3) is 0 Å². The second-order valence-electron chi connectivity index (χ2n) is 4.87. The van der Waals surface area contributed by atoms with E-state index in [1.807, 2.05) is 6.07 Å². The van der Waals surface area contributed by atoms with Crippen LogP contribution in [0.15, 0.2) is 34.1 Å². The predicted molar refractivity (Wildman–Crippen MR) is 87.7 cm³/mol. The lowest BCUT2D eigenvalue weighted by molar-refractivity contribution is 0.542. The smallest absolute Gasteiger partial charge is 0.0887 e. The molecule has 2 atom stereocenters. The monoisotopic (exact) mass is 374 g/mol. The summed E-state index contributed by atoms with van der Waals surface area (Å²) in [5.41, 5.74) is 2.86. The van der Waals surface area contributed by atoms with Crippen molar-refractivity contribution >= 4 is 50.5 Å². The van der Waals surface area contributed by atoms with Crippen molar-refractivity contribution in [2.24, 2.45) is 0 Å². The lowest BCUT2D eigenvalue weighted by Crippen LogP contribution is -2.13. The topological polar surface area (TPSA) is 0 Å². The Morgan fingerprint density at radius 1 is 1.32 bits per heavy atom. The van der Waals surface area contributed by atoms with E-state index in [1.54, 1.807) is 11.3 Å². The number of halogens is 3. The van der Waals surface area contributed by atoms with Crippen molar-refractivity contribution in [3.63, 3.8) is 0 Å². The number of alkyl halides is 1. The zero-order valence-electron chi connectivity index (χ0n) is 10.2. The van der Waals surface area contributed by atoms with Gasteiger partial charge in [-0.3, -0.25) is 0 Å². The van der Waals surface area contributed by atoms with Crippen LogP contribution in [-0.4, -0.2) is 0 Å². The summed E-state index contributed by atoms with van der Waals surface area (Å²) in [4.78, 5) is 1.15. The van der Waals surface area contributed by atoms with Gasteiger partial charge in [0.15, 0.2) is 0 Å². The van der Waals surface area contributed by atoms with Crippen molar-refractivity contribution in [3.05, 3.63) is 55.1 Å². The van der Waals surface area contributed by atoms with Crippen molar-refractivity contribution in [1.29, 1.82) is 0 Å². The van der Waals surface area contributed by atoms with Gasteiger partial charge in [-0.2, -0.15) is 0 Å². The third-order valence-corrected chi connectivity index (χ3v) is 6.93. The van der Waals surface area contributed by atoms with Crippen LogP contribution in [0.5, 0.6) is 0 Å². The minimum atomic E-state index is 0.00949. The first kappa shape index (κ1) is 13.9. The molecule has 0 spiro atoms. The van der Waals surface area contributed by atoms with Crippen LogP contribution >= 0.6 is 50.5 Å². The quantitative estimate of drug-likeness (QED) is 0.521. The van der Waals surface area contributed by atoms with Crippen LogP contribution in [0.1, 0.15) is 40.1 Å². The molecule has 4 heteroatoms. The molecular formula is C15H13BrCl2S. The van der Waals surface area contributed by atoms with Gasteiger partial charge in [-0.15, -0.1) is 22.9 Å². The van der Waals surface area contributed by atoms with E-state index in [0.717, 1.165) is 20.1 Å². The van der Waals surface area contributed by atoms with Gasteiger partial charge >= 0.3 is 0 Å². The van der Waals surface area contributed by atoms with E-state index < -0.39 is 0 Å². The maximum atomic E-state index is 6.73. The number of aryl methyl sites for hydroxylation is 1. The maximum absolute atomic E-state index is 6.73. The van der Waals surface area contributed by atoms with E-state index in [1.165, 1.54) is 24.0 Å². The Bertz CT molecular complexity index is 574.